The van der Waals surface area contributed by atoms with E-state index in [2.05, 4.69) is 5.32 Å². The van der Waals surface area contributed by atoms with Crippen molar-refractivity contribution in [1.82, 2.24) is 5.32 Å². The Labute approximate surface area is 112 Å². The standard InChI is InChI=1S/C14H16ClNO2/c1-17-14-5-4-12(15)9-11(14)10-16-7-6-13-3-2-8-18-13/h2-5,8-9,16H,6-7,10H2,1H3. The van der Waals surface area contributed by atoms with E-state index in [4.69, 9.17) is 20.8 Å². The molecule has 0 saturated carbocycles. The summed E-state index contributed by atoms with van der Waals surface area (Å²) in [6.07, 6.45) is 2.56. The molecule has 4 heteroatoms. The van der Waals surface area contributed by atoms with Crippen LogP contribution in [0, 0.1) is 0 Å². The summed E-state index contributed by atoms with van der Waals surface area (Å²) in [5.74, 6) is 1.84. The molecule has 0 aliphatic rings. The number of benzene rings is 1. The van der Waals surface area contributed by atoms with Gasteiger partial charge < -0.3 is 14.5 Å². The summed E-state index contributed by atoms with van der Waals surface area (Å²) in [6.45, 7) is 1.58. The largest absolute Gasteiger partial charge is 0.496 e. The molecule has 0 aliphatic carbocycles. The molecule has 2 rings (SSSR count). The fraction of sp³-hybridized carbons (Fsp3) is 0.286. The summed E-state index contributed by atoms with van der Waals surface area (Å²) in [5, 5.41) is 4.06. The third-order valence-electron chi connectivity index (χ3n) is 2.69. The smallest absolute Gasteiger partial charge is 0.123 e. The van der Waals surface area contributed by atoms with Crippen LogP contribution in [0.4, 0.5) is 0 Å². The van der Waals surface area contributed by atoms with Crippen molar-refractivity contribution in [3.63, 3.8) is 0 Å². The zero-order valence-electron chi connectivity index (χ0n) is 10.3. The Hall–Kier alpha value is -1.45. The Kier molecular flexibility index (Phi) is 4.67. The van der Waals surface area contributed by atoms with Gasteiger partial charge in [0.05, 0.1) is 13.4 Å². The molecule has 1 heterocycles. The lowest BCUT2D eigenvalue weighted by Gasteiger charge is -2.09. The van der Waals surface area contributed by atoms with Crippen LogP contribution in [0.15, 0.2) is 41.0 Å². The molecule has 0 saturated heterocycles. The molecular weight excluding hydrogens is 250 g/mol. The maximum atomic E-state index is 5.97. The van der Waals surface area contributed by atoms with Gasteiger partial charge in [0.25, 0.3) is 0 Å². The molecule has 3 nitrogen and oxygen atoms in total. The highest BCUT2D eigenvalue weighted by molar-refractivity contribution is 6.30. The second kappa shape index (κ2) is 6.47. The average molecular weight is 266 g/mol. The molecule has 0 atom stereocenters. The summed E-state index contributed by atoms with van der Waals surface area (Å²) in [4.78, 5) is 0. The lowest BCUT2D eigenvalue weighted by molar-refractivity contribution is 0.407. The highest BCUT2D eigenvalue weighted by Crippen LogP contribution is 2.22. The van der Waals surface area contributed by atoms with E-state index in [1.165, 1.54) is 0 Å². The average Bonchev–Trinajstić information content (AvgIpc) is 2.88. The third-order valence-corrected chi connectivity index (χ3v) is 2.92. The van der Waals surface area contributed by atoms with Crippen LogP contribution in [0.3, 0.4) is 0 Å². The van der Waals surface area contributed by atoms with Gasteiger partial charge in [0.2, 0.25) is 0 Å². The number of ether oxygens (including phenoxy) is 1. The minimum Gasteiger partial charge on any atom is -0.496 e. The van der Waals surface area contributed by atoms with Crippen molar-refractivity contribution in [3.8, 4) is 5.75 Å². The van der Waals surface area contributed by atoms with Crippen molar-refractivity contribution in [2.24, 2.45) is 0 Å². The molecule has 96 valence electrons. The topological polar surface area (TPSA) is 34.4 Å². The summed E-state index contributed by atoms with van der Waals surface area (Å²) < 4.78 is 10.6. The predicted molar refractivity (Wildman–Crippen MR) is 72.1 cm³/mol. The van der Waals surface area contributed by atoms with Crippen molar-refractivity contribution in [2.45, 2.75) is 13.0 Å². The second-order valence-electron chi connectivity index (χ2n) is 3.96. The Morgan fingerprint density at radius 3 is 2.94 bits per heavy atom. The van der Waals surface area contributed by atoms with E-state index in [1.807, 2.05) is 30.3 Å². The van der Waals surface area contributed by atoms with Gasteiger partial charge in [0, 0.05) is 30.1 Å². The van der Waals surface area contributed by atoms with Crippen LogP contribution in [0.25, 0.3) is 0 Å². The maximum absolute atomic E-state index is 5.97. The fourth-order valence-corrected chi connectivity index (χ4v) is 1.97. The zero-order valence-corrected chi connectivity index (χ0v) is 11.0. The van der Waals surface area contributed by atoms with Gasteiger partial charge in [0.1, 0.15) is 11.5 Å². The van der Waals surface area contributed by atoms with Gasteiger partial charge >= 0.3 is 0 Å². The van der Waals surface area contributed by atoms with Gasteiger partial charge in [-0.3, -0.25) is 0 Å². The Morgan fingerprint density at radius 1 is 1.33 bits per heavy atom. The predicted octanol–water partition coefficient (Wildman–Crippen LogP) is 3.27. The monoisotopic (exact) mass is 265 g/mol. The van der Waals surface area contributed by atoms with Crippen molar-refractivity contribution in [1.29, 1.82) is 0 Å². The number of hydrogen-bond acceptors (Lipinski definition) is 3. The molecule has 2 aromatic rings. The zero-order chi connectivity index (χ0) is 12.8. The molecule has 18 heavy (non-hydrogen) atoms. The van der Waals surface area contributed by atoms with Gasteiger partial charge in [-0.05, 0) is 30.3 Å². The van der Waals surface area contributed by atoms with Crippen LogP contribution in [-0.4, -0.2) is 13.7 Å². The van der Waals surface area contributed by atoms with Crippen LogP contribution in [0.2, 0.25) is 5.02 Å². The number of rotatable bonds is 6. The van der Waals surface area contributed by atoms with Crippen molar-refractivity contribution in [3.05, 3.63) is 52.9 Å². The van der Waals surface area contributed by atoms with E-state index >= 15 is 0 Å². The number of halogens is 1. The van der Waals surface area contributed by atoms with Crippen LogP contribution in [0.5, 0.6) is 5.75 Å². The van der Waals surface area contributed by atoms with Gasteiger partial charge in [-0.1, -0.05) is 11.6 Å². The van der Waals surface area contributed by atoms with E-state index in [-0.39, 0.29) is 0 Å². The summed E-state index contributed by atoms with van der Waals surface area (Å²) in [7, 11) is 1.66. The highest BCUT2D eigenvalue weighted by atomic mass is 35.5. The number of nitrogens with one attached hydrogen (secondary N) is 1. The molecule has 0 amide bonds. The maximum Gasteiger partial charge on any atom is 0.123 e. The van der Waals surface area contributed by atoms with Crippen molar-refractivity contribution < 1.29 is 9.15 Å². The first-order valence-electron chi connectivity index (χ1n) is 5.85. The van der Waals surface area contributed by atoms with E-state index < -0.39 is 0 Å². The SMILES string of the molecule is COc1ccc(Cl)cc1CNCCc1ccco1. The second-order valence-corrected chi connectivity index (χ2v) is 4.40. The van der Waals surface area contributed by atoms with Gasteiger partial charge in [0.15, 0.2) is 0 Å². The molecule has 0 fully saturated rings. The van der Waals surface area contributed by atoms with E-state index in [1.54, 1.807) is 13.4 Å². The van der Waals surface area contributed by atoms with Crippen LogP contribution in [0.1, 0.15) is 11.3 Å². The Bertz CT molecular complexity index is 483. The van der Waals surface area contributed by atoms with Crippen LogP contribution in [-0.2, 0) is 13.0 Å². The first-order valence-corrected chi connectivity index (χ1v) is 6.23. The minimum atomic E-state index is 0.721. The lowest BCUT2D eigenvalue weighted by atomic mass is 10.2. The first-order chi connectivity index (χ1) is 8.79. The summed E-state index contributed by atoms with van der Waals surface area (Å²) >= 11 is 5.97. The molecule has 1 N–H and O–H groups in total. The third kappa shape index (κ3) is 3.52. The number of furan rings is 1. The molecule has 0 unspecified atom stereocenters. The van der Waals surface area contributed by atoms with Gasteiger partial charge in [-0.25, -0.2) is 0 Å². The van der Waals surface area contributed by atoms with Crippen molar-refractivity contribution in [2.75, 3.05) is 13.7 Å². The highest BCUT2D eigenvalue weighted by Gasteiger charge is 2.03. The number of methoxy groups -OCH3 is 1. The molecule has 0 aliphatic heterocycles. The van der Waals surface area contributed by atoms with E-state index in [0.29, 0.717) is 0 Å². The van der Waals surface area contributed by atoms with E-state index in [0.717, 1.165) is 41.6 Å². The molecular formula is C14H16ClNO2. The molecule has 0 bridgehead atoms. The van der Waals surface area contributed by atoms with Crippen LogP contribution >= 0.6 is 11.6 Å². The first kappa shape index (κ1) is 13.0. The molecule has 1 aromatic heterocycles. The van der Waals surface area contributed by atoms with Crippen LogP contribution < -0.4 is 10.1 Å². The summed E-state index contributed by atoms with van der Waals surface area (Å²) in [5.41, 5.74) is 1.06. The molecule has 0 radical (unpaired) electrons. The fourth-order valence-electron chi connectivity index (χ4n) is 1.77. The number of hydrogen-bond donors (Lipinski definition) is 1. The Balaban J connectivity index is 1.84. The normalized spacial score (nSPS) is 10.6. The summed E-state index contributed by atoms with van der Waals surface area (Å²) in [6, 6.07) is 9.50. The molecule has 1 aromatic carbocycles. The lowest BCUT2D eigenvalue weighted by Crippen LogP contribution is -2.17. The Morgan fingerprint density at radius 2 is 2.22 bits per heavy atom. The van der Waals surface area contributed by atoms with E-state index in [9.17, 15) is 0 Å². The quantitative estimate of drug-likeness (QED) is 0.814. The van der Waals surface area contributed by atoms with Crippen molar-refractivity contribution >= 4 is 11.6 Å². The van der Waals surface area contributed by atoms with Gasteiger partial charge in [-0.2, -0.15) is 0 Å². The molecule has 0 spiro atoms. The van der Waals surface area contributed by atoms with Gasteiger partial charge in [-0.15, -0.1) is 0 Å². The minimum absolute atomic E-state index is 0.721.